The average molecular weight is 699 g/mol. The van der Waals surface area contributed by atoms with Crippen LogP contribution in [0.25, 0.3) is 22.3 Å². The summed E-state index contributed by atoms with van der Waals surface area (Å²) >= 11 is 0. The maximum Gasteiger partial charge on any atom is 0.507 e. The van der Waals surface area contributed by atoms with E-state index in [-0.39, 0.29) is 20.6 Å². The fourth-order valence-corrected chi connectivity index (χ4v) is 21.0. The zero-order valence-electron chi connectivity index (χ0n) is 33.2. The Balaban J connectivity index is 1.81. The van der Waals surface area contributed by atoms with E-state index in [4.69, 9.17) is 0 Å². The lowest BCUT2D eigenvalue weighted by atomic mass is 9.14. The number of benzene rings is 4. The molecular weight excluding hydrogens is 640 g/mol. The van der Waals surface area contributed by atoms with Gasteiger partial charge in [0.15, 0.2) is 0 Å². The van der Waals surface area contributed by atoms with Crippen molar-refractivity contribution in [1.82, 2.24) is 0 Å². The predicted octanol–water partition coefficient (Wildman–Crippen LogP) is 9.49. The second-order valence-electron chi connectivity index (χ2n) is 19.2. The molecular formula is C44H58B2N2P2. The molecule has 50 heavy (non-hydrogen) atoms. The van der Waals surface area contributed by atoms with Crippen molar-refractivity contribution in [3.8, 4) is 22.3 Å². The Morgan fingerprint density at radius 1 is 0.380 bits per heavy atom. The molecule has 0 atom stereocenters. The van der Waals surface area contributed by atoms with Gasteiger partial charge in [-0.1, -0.05) is 202 Å². The van der Waals surface area contributed by atoms with E-state index in [1.54, 1.807) is 10.9 Å². The van der Waals surface area contributed by atoms with E-state index < -0.39 is 28.7 Å². The number of rotatable bonds is 2. The summed E-state index contributed by atoms with van der Waals surface area (Å²) in [6.45, 7) is 35.0. The second kappa shape index (κ2) is 11.4. The van der Waals surface area contributed by atoms with E-state index in [9.17, 15) is 0 Å². The second-order valence-corrected chi connectivity index (χ2v) is 27.2. The normalized spacial score (nSPS) is 17.2. The largest absolute Gasteiger partial charge is 0.545 e. The summed E-state index contributed by atoms with van der Waals surface area (Å²) in [5.74, 6) is 0. The van der Waals surface area contributed by atoms with Gasteiger partial charge in [-0.15, -0.1) is 0 Å². The lowest BCUT2D eigenvalue weighted by Gasteiger charge is -2.66. The van der Waals surface area contributed by atoms with Gasteiger partial charge in [-0.05, 0) is 58.7 Å². The van der Waals surface area contributed by atoms with E-state index >= 15 is 0 Å². The van der Waals surface area contributed by atoms with Crippen LogP contribution in [-0.2, 0) is 0 Å². The van der Waals surface area contributed by atoms with Crippen LogP contribution in [-0.4, -0.2) is 53.2 Å². The Bertz CT molecular complexity index is 1810. The van der Waals surface area contributed by atoms with Gasteiger partial charge in [-0.3, -0.25) is 0 Å². The van der Waals surface area contributed by atoms with Crippen LogP contribution in [0.15, 0.2) is 97.1 Å². The van der Waals surface area contributed by atoms with E-state index in [1.165, 1.54) is 44.1 Å². The van der Waals surface area contributed by atoms with Crippen molar-refractivity contribution in [2.75, 3.05) is 0 Å². The van der Waals surface area contributed by atoms with Crippen LogP contribution in [0.2, 0.25) is 0 Å². The minimum Gasteiger partial charge on any atom is -0.545 e. The molecule has 0 unspecified atom stereocenters. The van der Waals surface area contributed by atoms with Crippen LogP contribution in [0, 0.1) is 0 Å². The van der Waals surface area contributed by atoms with Crippen molar-refractivity contribution in [1.29, 1.82) is 0 Å². The molecule has 0 amide bonds. The van der Waals surface area contributed by atoms with E-state index in [2.05, 4.69) is 203 Å². The Morgan fingerprint density at radius 3 is 0.780 bits per heavy atom. The summed E-state index contributed by atoms with van der Waals surface area (Å²) in [6, 6.07) is 37.7. The predicted molar refractivity (Wildman–Crippen MR) is 229 cm³/mol. The molecule has 0 radical (unpaired) electrons. The minimum atomic E-state index is -1.56. The summed E-state index contributed by atoms with van der Waals surface area (Å²) in [4.78, 5) is 0. The monoisotopic (exact) mass is 698 g/mol. The zero-order chi connectivity index (χ0) is 36.4. The van der Waals surface area contributed by atoms with Crippen molar-refractivity contribution in [2.45, 2.75) is 118 Å². The topological polar surface area (TPSA) is 6.02 Å². The summed E-state index contributed by atoms with van der Waals surface area (Å²) < 4.78 is 6.22. The molecule has 0 aromatic heterocycles. The maximum atomic E-state index is 3.11. The fraction of sp³-hybridized carbons (Fsp3) is 0.409. The van der Waals surface area contributed by atoms with Gasteiger partial charge in [-0.25, -0.2) is 0 Å². The molecule has 1 fully saturated rings. The molecule has 1 saturated heterocycles. The highest BCUT2D eigenvalue weighted by Crippen LogP contribution is 2.64. The fourth-order valence-electron chi connectivity index (χ4n) is 12.0. The Labute approximate surface area is 306 Å². The first-order valence-corrected chi connectivity index (χ1v) is 21.5. The first-order valence-electron chi connectivity index (χ1n) is 18.8. The highest BCUT2D eigenvalue weighted by atomic mass is 31.1. The quantitative estimate of drug-likeness (QED) is 0.145. The van der Waals surface area contributed by atoms with E-state index in [1.807, 2.05) is 0 Å². The summed E-state index contributed by atoms with van der Waals surface area (Å²) in [5.41, 5.74) is 14.7. The minimum absolute atomic E-state index is 0.115. The van der Waals surface area contributed by atoms with Crippen LogP contribution in [0.5, 0.6) is 0 Å². The summed E-state index contributed by atoms with van der Waals surface area (Å²) in [5, 5.41) is 0.461. The van der Waals surface area contributed by atoms with Crippen LogP contribution in [0.4, 0.5) is 0 Å². The van der Waals surface area contributed by atoms with Gasteiger partial charge in [-0.2, -0.15) is 0 Å². The van der Waals surface area contributed by atoms with E-state index in [0.29, 0.717) is 0 Å². The van der Waals surface area contributed by atoms with Crippen molar-refractivity contribution >= 4 is 61.4 Å². The lowest BCUT2D eigenvalue weighted by Crippen LogP contribution is -3.00. The smallest absolute Gasteiger partial charge is 0.507 e. The molecule has 3 heterocycles. The lowest BCUT2D eigenvalue weighted by molar-refractivity contribution is -0.525. The molecule has 0 bridgehead atoms. The first kappa shape index (κ1) is 35.6. The molecule has 0 N–H and O–H groups in total. The third-order valence-corrected chi connectivity index (χ3v) is 19.0. The first-order chi connectivity index (χ1) is 23.2. The van der Waals surface area contributed by atoms with Gasteiger partial charge in [0.2, 0.25) is 0 Å². The van der Waals surface area contributed by atoms with Gasteiger partial charge in [0.25, 0.3) is 0 Å². The molecule has 2 spiro atoms. The number of nitrogens with zero attached hydrogens (tertiary/aromatic N) is 2. The third-order valence-electron chi connectivity index (χ3n) is 11.8. The van der Waals surface area contributed by atoms with E-state index in [0.717, 1.165) is 0 Å². The number of fused-ring (bicyclic) bond motifs is 10. The van der Waals surface area contributed by atoms with Crippen molar-refractivity contribution < 1.29 is 8.80 Å². The molecule has 4 aromatic rings. The Morgan fingerprint density at radius 2 is 0.580 bits per heavy atom. The van der Waals surface area contributed by atoms with Crippen LogP contribution >= 0.6 is 15.8 Å². The SMILES string of the molecule is CC(=[N+]1[B-]2(c3ccccc3-c3ccccc32)[N+](=C(C)P(C(C)(C)C)C(C)(C)C)[B-]12c1ccccc1-c1ccccc12)P(C(C)(C)C)C(C)(C)C. The van der Waals surface area contributed by atoms with Crippen LogP contribution < -0.4 is 21.9 Å². The van der Waals surface area contributed by atoms with Crippen molar-refractivity contribution in [2.24, 2.45) is 0 Å². The zero-order valence-corrected chi connectivity index (χ0v) is 35.0. The number of hydrogen-bond donors (Lipinski definition) is 0. The summed E-state index contributed by atoms with van der Waals surface area (Å²) in [6.07, 6.45) is -3.12. The van der Waals surface area contributed by atoms with Gasteiger partial charge < -0.3 is 8.80 Å². The molecule has 4 aromatic carbocycles. The average Bonchev–Trinajstić information content (AvgIpc) is 3.45. The molecule has 260 valence electrons. The van der Waals surface area contributed by atoms with Crippen LogP contribution in [0.3, 0.4) is 0 Å². The van der Waals surface area contributed by atoms with Crippen molar-refractivity contribution in [3.63, 3.8) is 0 Å². The molecule has 7 rings (SSSR count). The highest BCUT2D eigenvalue weighted by molar-refractivity contribution is 7.78. The molecule has 2 nitrogen and oxygen atoms in total. The standard InChI is InChI=1S/C44H58B2N2P2/c1-31(49(41(3,4)5)42(6,7)8)47-45(37-27-19-15-23-33(37)34-24-16-20-28-38(34)45)48(32(2)50(43(9,10)11)44(12,13)14)46(47)39-29-21-17-25-35(39)36-26-18-22-30-40(36)46/h15-30H,1-14H3. The van der Waals surface area contributed by atoms with Gasteiger partial charge >= 0.3 is 12.8 Å². The van der Waals surface area contributed by atoms with Gasteiger partial charge in [0.05, 0.1) is 10.9 Å². The third kappa shape index (κ3) is 4.69. The summed E-state index contributed by atoms with van der Waals surface area (Å²) in [7, 11) is -1.19. The van der Waals surface area contributed by atoms with Gasteiger partial charge in [0, 0.05) is 13.8 Å². The Hall–Kier alpha value is -2.79. The van der Waals surface area contributed by atoms with Crippen molar-refractivity contribution in [3.05, 3.63) is 97.1 Å². The molecule has 0 aliphatic carbocycles. The molecule has 6 heteroatoms. The van der Waals surface area contributed by atoms with Crippen LogP contribution in [0.1, 0.15) is 96.9 Å². The molecule has 3 aliphatic rings. The maximum absolute atomic E-state index is 3.11. The number of hydrogen-bond acceptors (Lipinski definition) is 0. The van der Waals surface area contributed by atoms with Gasteiger partial charge in [0.1, 0.15) is 0 Å². The molecule has 0 saturated carbocycles. The highest BCUT2D eigenvalue weighted by Gasteiger charge is 2.79. The molecule has 3 aliphatic heterocycles. The Kier molecular flexibility index (Phi) is 8.08.